The molecule has 4 heteroatoms. The van der Waals surface area contributed by atoms with Gasteiger partial charge in [0.25, 0.3) is 0 Å². The summed E-state index contributed by atoms with van der Waals surface area (Å²) in [5, 5.41) is 11.1. The van der Waals surface area contributed by atoms with Gasteiger partial charge in [-0.25, -0.2) is 4.79 Å². The van der Waals surface area contributed by atoms with E-state index >= 15 is 0 Å². The van der Waals surface area contributed by atoms with Crippen LogP contribution in [0.3, 0.4) is 0 Å². The van der Waals surface area contributed by atoms with E-state index in [0.29, 0.717) is 12.1 Å². The lowest BCUT2D eigenvalue weighted by Gasteiger charge is -2.27. The minimum absolute atomic E-state index is 0.179. The van der Waals surface area contributed by atoms with Gasteiger partial charge in [-0.1, -0.05) is 60.7 Å². The molecule has 0 bridgehead atoms. The van der Waals surface area contributed by atoms with Gasteiger partial charge >= 0.3 is 5.97 Å². The second-order valence-corrected chi connectivity index (χ2v) is 5.83. The standard InChI is InChI=1S/C19H23NO3/c1-20(2)13-14-23-18(21)19(22,17-11-7-4-8-12-17)15-16-9-5-3-6-10-16/h3-12,22H,13-15H2,1-2H3. The third-order valence-corrected chi connectivity index (χ3v) is 3.66. The Hall–Kier alpha value is -2.17. The molecule has 0 aliphatic rings. The number of hydrogen-bond acceptors (Lipinski definition) is 4. The highest BCUT2D eigenvalue weighted by Crippen LogP contribution is 2.27. The average molecular weight is 313 g/mol. The summed E-state index contributed by atoms with van der Waals surface area (Å²) in [6, 6.07) is 18.4. The lowest BCUT2D eigenvalue weighted by Crippen LogP contribution is -2.40. The number of esters is 1. The van der Waals surface area contributed by atoms with Crippen molar-refractivity contribution in [3.63, 3.8) is 0 Å². The molecule has 2 aromatic carbocycles. The van der Waals surface area contributed by atoms with Gasteiger partial charge in [0, 0.05) is 13.0 Å². The number of aliphatic hydroxyl groups is 1. The summed E-state index contributed by atoms with van der Waals surface area (Å²) in [6.45, 7) is 0.859. The number of nitrogens with zero attached hydrogens (tertiary/aromatic N) is 1. The molecule has 1 N–H and O–H groups in total. The molecule has 0 spiro atoms. The van der Waals surface area contributed by atoms with Crippen molar-refractivity contribution >= 4 is 5.97 Å². The van der Waals surface area contributed by atoms with Crippen molar-refractivity contribution < 1.29 is 14.6 Å². The Kier molecular flexibility index (Phi) is 5.90. The number of carbonyl (C=O) groups excluding carboxylic acids is 1. The molecule has 2 rings (SSSR count). The van der Waals surface area contributed by atoms with Crippen LogP contribution in [0.2, 0.25) is 0 Å². The summed E-state index contributed by atoms with van der Waals surface area (Å²) < 4.78 is 5.31. The maximum absolute atomic E-state index is 12.6. The van der Waals surface area contributed by atoms with Crippen LogP contribution in [-0.2, 0) is 21.6 Å². The van der Waals surface area contributed by atoms with Crippen LogP contribution in [0.5, 0.6) is 0 Å². The molecule has 0 fully saturated rings. The van der Waals surface area contributed by atoms with E-state index in [1.165, 1.54) is 0 Å². The first-order chi connectivity index (χ1) is 11.0. The number of hydrogen-bond donors (Lipinski definition) is 1. The van der Waals surface area contributed by atoms with Gasteiger partial charge in [0.15, 0.2) is 5.60 Å². The van der Waals surface area contributed by atoms with E-state index in [1.54, 1.807) is 24.3 Å². The fraction of sp³-hybridized carbons (Fsp3) is 0.316. The molecule has 0 saturated heterocycles. The maximum Gasteiger partial charge on any atom is 0.343 e. The summed E-state index contributed by atoms with van der Waals surface area (Å²) >= 11 is 0. The molecule has 0 aromatic heterocycles. The van der Waals surface area contributed by atoms with Crippen LogP contribution in [0.15, 0.2) is 60.7 Å². The first-order valence-corrected chi connectivity index (χ1v) is 7.66. The molecular formula is C19H23NO3. The monoisotopic (exact) mass is 313 g/mol. The SMILES string of the molecule is CN(C)CCOC(=O)C(O)(Cc1ccccc1)c1ccccc1. The Labute approximate surface area is 137 Å². The second kappa shape index (κ2) is 7.90. The normalized spacial score (nSPS) is 13.6. The van der Waals surface area contributed by atoms with Crippen LogP contribution in [0, 0.1) is 0 Å². The number of benzene rings is 2. The Balaban J connectivity index is 2.22. The Morgan fingerprint density at radius 1 is 1.04 bits per heavy atom. The molecule has 2 aromatic rings. The lowest BCUT2D eigenvalue weighted by atomic mass is 9.87. The highest BCUT2D eigenvalue weighted by Gasteiger charge is 2.39. The predicted molar refractivity (Wildman–Crippen MR) is 90.0 cm³/mol. The second-order valence-electron chi connectivity index (χ2n) is 5.83. The van der Waals surface area contributed by atoms with E-state index in [-0.39, 0.29) is 13.0 Å². The predicted octanol–water partition coefficient (Wildman–Crippen LogP) is 2.22. The van der Waals surface area contributed by atoms with Gasteiger partial charge in [0.2, 0.25) is 0 Å². The molecule has 0 heterocycles. The van der Waals surface area contributed by atoms with Crippen LogP contribution >= 0.6 is 0 Å². The number of rotatable bonds is 7. The highest BCUT2D eigenvalue weighted by atomic mass is 16.5. The largest absolute Gasteiger partial charge is 0.462 e. The van der Waals surface area contributed by atoms with E-state index < -0.39 is 11.6 Å². The Morgan fingerprint density at radius 2 is 1.61 bits per heavy atom. The van der Waals surface area contributed by atoms with Gasteiger partial charge < -0.3 is 14.7 Å². The van der Waals surface area contributed by atoms with Gasteiger partial charge in [-0.15, -0.1) is 0 Å². The van der Waals surface area contributed by atoms with Crippen LogP contribution in [0.1, 0.15) is 11.1 Å². The molecule has 0 aliphatic carbocycles. The van der Waals surface area contributed by atoms with Gasteiger partial charge in [-0.3, -0.25) is 0 Å². The van der Waals surface area contributed by atoms with Crippen LogP contribution < -0.4 is 0 Å². The number of carbonyl (C=O) groups is 1. The Bertz CT molecular complexity index is 613. The van der Waals surface area contributed by atoms with Crippen molar-refractivity contribution in [2.24, 2.45) is 0 Å². The van der Waals surface area contributed by atoms with E-state index in [4.69, 9.17) is 4.74 Å². The van der Waals surface area contributed by atoms with Gasteiger partial charge in [0.1, 0.15) is 6.61 Å². The molecule has 1 unspecified atom stereocenters. The smallest absolute Gasteiger partial charge is 0.343 e. The third kappa shape index (κ3) is 4.65. The number of ether oxygens (including phenoxy) is 1. The number of likely N-dealkylation sites (N-methyl/N-ethyl adjacent to an activating group) is 1. The van der Waals surface area contributed by atoms with Gasteiger partial charge in [-0.05, 0) is 25.2 Å². The molecule has 1 atom stereocenters. The molecule has 0 aliphatic heterocycles. The molecular weight excluding hydrogens is 290 g/mol. The van der Waals surface area contributed by atoms with Crippen LogP contribution in [0.25, 0.3) is 0 Å². The maximum atomic E-state index is 12.6. The minimum atomic E-state index is -1.69. The quantitative estimate of drug-likeness (QED) is 0.796. The average Bonchev–Trinajstić information content (AvgIpc) is 2.56. The van der Waals surface area contributed by atoms with Crippen LogP contribution in [0.4, 0.5) is 0 Å². The molecule has 23 heavy (non-hydrogen) atoms. The van der Waals surface area contributed by atoms with Crippen molar-refractivity contribution in [3.8, 4) is 0 Å². The van der Waals surface area contributed by atoms with E-state index in [0.717, 1.165) is 5.56 Å². The topological polar surface area (TPSA) is 49.8 Å². The fourth-order valence-electron chi connectivity index (χ4n) is 2.34. The molecule has 0 radical (unpaired) electrons. The summed E-state index contributed by atoms with van der Waals surface area (Å²) in [5.41, 5.74) is -0.267. The third-order valence-electron chi connectivity index (χ3n) is 3.66. The Morgan fingerprint density at radius 3 is 2.17 bits per heavy atom. The van der Waals surface area contributed by atoms with Crippen molar-refractivity contribution in [3.05, 3.63) is 71.8 Å². The molecule has 0 amide bonds. The highest BCUT2D eigenvalue weighted by molar-refractivity contribution is 5.81. The molecule has 4 nitrogen and oxygen atoms in total. The molecule has 0 saturated carbocycles. The van der Waals surface area contributed by atoms with Crippen LogP contribution in [-0.4, -0.2) is 43.2 Å². The van der Waals surface area contributed by atoms with E-state index in [1.807, 2.05) is 55.4 Å². The first-order valence-electron chi connectivity index (χ1n) is 7.66. The summed E-state index contributed by atoms with van der Waals surface area (Å²) in [5.74, 6) is -0.616. The summed E-state index contributed by atoms with van der Waals surface area (Å²) in [6.07, 6.45) is 0.179. The van der Waals surface area contributed by atoms with Crippen molar-refractivity contribution in [2.75, 3.05) is 27.2 Å². The van der Waals surface area contributed by atoms with Gasteiger partial charge in [0.05, 0.1) is 0 Å². The summed E-state index contributed by atoms with van der Waals surface area (Å²) in [4.78, 5) is 14.5. The zero-order valence-corrected chi connectivity index (χ0v) is 13.6. The van der Waals surface area contributed by atoms with E-state index in [9.17, 15) is 9.90 Å². The van der Waals surface area contributed by atoms with Crippen molar-refractivity contribution in [1.29, 1.82) is 0 Å². The lowest BCUT2D eigenvalue weighted by molar-refractivity contribution is -0.167. The summed E-state index contributed by atoms with van der Waals surface area (Å²) in [7, 11) is 3.81. The zero-order chi connectivity index (χ0) is 16.7. The van der Waals surface area contributed by atoms with Crippen molar-refractivity contribution in [1.82, 2.24) is 4.90 Å². The van der Waals surface area contributed by atoms with Gasteiger partial charge in [-0.2, -0.15) is 0 Å². The minimum Gasteiger partial charge on any atom is -0.462 e. The van der Waals surface area contributed by atoms with Crippen molar-refractivity contribution in [2.45, 2.75) is 12.0 Å². The molecule has 122 valence electrons. The zero-order valence-electron chi connectivity index (χ0n) is 13.6. The first kappa shape index (κ1) is 17.2. The fourth-order valence-corrected chi connectivity index (χ4v) is 2.34. The van der Waals surface area contributed by atoms with E-state index in [2.05, 4.69) is 0 Å².